The fourth-order valence-electron chi connectivity index (χ4n) is 3.68. The zero-order chi connectivity index (χ0) is 26.9. The summed E-state index contributed by atoms with van der Waals surface area (Å²) in [5, 5.41) is 22.9. The van der Waals surface area contributed by atoms with Gasteiger partial charge in [-0.05, 0) is 54.8 Å². The quantitative estimate of drug-likeness (QED) is 0.178. The van der Waals surface area contributed by atoms with E-state index in [0.29, 0.717) is 22.4 Å². The number of nitrogens with two attached hydrogens (primary N) is 1. The number of anilines is 3. The summed E-state index contributed by atoms with van der Waals surface area (Å²) in [7, 11) is 0. The van der Waals surface area contributed by atoms with Crippen LogP contribution in [0.3, 0.4) is 0 Å². The number of ketones is 1. The molecule has 0 bridgehead atoms. The van der Waals surface area contributed by atoms with E-state index in [9.17, 15) is 19.5 Å². The molecular weight excluding hydrogens is 507 g/mol. The average molecular weight is 537 g/mol. The molecule has 6 N–H and O–H groups in total. The summed E-state index contributed by atoms with van der Waals surface area (Å²) >= 11 is 0. The number of carbonyl (C=O) groups is 3. The van der Waals surface area contributed by atoms with Crippen molar-refractivity contribution in [1.29, 1.82) is 0 Å². The summed E-state index contributed by atoms with van der Waals surface area (Å²) in [5.74, 6) is -2.38. The van der Waals surface area contributed by atoms with Crippen LogP contribution >= 0.6 is 0 Å². The first-order chi connectivity index (χ1) is 17.7. The minimum atomic E-state index is -1.23. The van der Waals surface area contributed by atoms with Crippen molar-refractivity contribution in [2.75, 3.05) is 11.1 Å². The standard InChI is InChI=1S/C15H13NO3.C15H15NO2.Na.H2O/c16-14-11(9-13(17)18)7-4-8-12(14)15(19)10-5-2-1-3-6-10;1-10-6-5-9-13(11(10)2)16-14-8-4-3-7-12(14)15(17)18;;/h1-8H,9,16H2,(H,17,18);3-9,16H,1-2H3,(H,17,18);;1H2/q;;+1;/p-1. The van der Waals surface area contributed by atoms with Gasteiger partial charge >= 0.3 is 35.5 Å². The Balaban J connectivity index is 0.000000371. The van der Waals surface area contributed by atoms with Crippen LogP contribution in [0.4, 0.5) is 17.1 Å². The smallest absolute Gasteiger partial charge is 0.550 e. The number of para-hydroxylation sites is 2. The predicted octanol–water partition coefficient (Wildman–Crippen LogP) is 0.717. The zero-order valence-corrected chi connectivity index (χ0v) is 24.0. The van der Waals surface area contributed by atoms with Crippen LogP contribution in [0.1, 0.15) is 43.0 Å². The van der Waals surface area contributed by atoms with E-state index < -0.39 is 11.9 Å². The monoisotopic (exact) mass is 536 g/mol. The molecule has 0 atom stereocenters. The van der Waals surface area contributed by atoms with Gasteiger partial charge in [-0.1, -0.05) is 66.7 Å². The van der Waals surface area contributed by atoms with E-state index in [1.165, 1.54) is 5.56 Å². The number of hydrogen-bond donors (Lipinski definition) is 3. The third kappa shape index (κ3) is 8.80. The van der Waals surface area contributed by atoms with Gasteiger partial charge in [0.2, 0.25) is 0 Å². The second-order valence-electron chi connectivity index (χ2n) is 8.35. The Labute approximate surface area is 249 Å². The van der Waals surface area contributed by atoms with Gasteiger partial charge in [-0.2, -0.15) is 0 Å². The van der Waals surface area contributed by atoms with E-state index in [2.05, 4.69) is 5.32 Å². The van der Waals surface area contributed by atoms with Gasteiger partial charge in [0.05, 0.1) is 11.3 Å². The van der Waals surface area contributed by atoms with Crippen molar-refractivity contribution >= 4 is 34.8 Å². The molecule has 0 heterocycles. The number of hydrogen-bond acceptors (Lipinski definition) is 6. The number of nitrogens with one attached hydrogen (secondary N) is 1. The summed E-state index contributed by atoms with van der Waals surface area (Å²) in [6.45, 7) is 4.05. The van der Waals surface area contributed by atoms with Crippen LogP contribution in [0.5, 0.6) is 0 Å². The number of carboxylic acids is 2. The topological polar surface area (TPSA) is 164 Å². The number of rotatable bonds is 7. The van der Waals surface area contributed by atoms with Crippen LogP contribution in [0, 0.1) is 13.8 Å². The van der Waals surface area contributed by atoms with Gasteiger partial charge < -0.3 is 31.5 Å². The van der Waals surface area contributed by atoms with Crippen molar-refractivity contribution in [3.63, 3.8) is 0 Å². The summed E-state index contributed by atoms with van der Waals surface area (Å²) in [4.78, 5) is 34.0. The molecule has 0 saturated carbocycles. The Morgan fingerprint density at radius 1 is 0.795 bits per heavy atom. The number of aliphatic carboxylic acids is 1. The maximum atomic E-state index is 12.3. The Morgan fingerprint density at radius 2 is 1.36 bits per heavy atom. The number of carbonyl (C=O) groups excluding carboxylic acids is 2. The SMILES string of the molecule is Cc1cccc(Nc2ccccc2C(=O)O)c1C.Nc1c(CC(=O)[O-])cccc1C(=O)c1ccccc1.O.[Na+]. The Hall–Kier alpha value is -3.95. The predicted molar refractivity (Wildman–Crippen MR) is 146 cm³/mol. The first-order valence-corrected chi connectivity index (χ1v) is 11.5. The number of benzene rings is 4. The van der Waals surface area contributed by atoms with Crippen LogP contribution < -0.4 is 45.7 Å². The summed E-state index contributed by atoms with van der Waals surface area (Å²) in [5.41, 5.74) is 11.4. The Morgan fingerprint density at radius 3 is 2.00 bits per heavy atom. The van der Waals surface area contributed by atoms with E-state index in [4.69, 9.17) is 10.8 Å². The number of carboxylic acid groups (broad SMARTS) is 2. The minimum absolute atomic E-state index is 0. The van der Waals surface area contributed by atoms with Crippen molar-refractivity contribution < 1.29 is 59.6 Å². The van der Waals surface area contributed by atoms with E-state index in [-0.39, 0.29) is 58.5 Å². The van der Waals surface area contributed by atoms with Gasteiger partial charge in [0, 0.05) is 34.9 Å². The summed E-state index contributed by atoms with van der Waals surface area (Å²) in [6.07, 6.45) is -0.304. The third-order valence-electron chi connectivity index (χ3n) is 5.84. The number of aryl methyl sites for hydroxylation is 1. The van der Waals surface area contributed by atoms with Gasteiger partial charge in [-0.15, -0.1) is 0 Å². The summed E-state index contributed by atoms with van der Waals surface area (Å²) < 4.78 is 0. The third-order valence-corrected chi connectivity index (χ3v) is 5.84. The largest absolute Gasteiger partial charge is 1.00 e. The van der Waals surface area contributed by atoms with Gasteiger partial charge in [-0.3, -0.25) is 4.79 Å². The molecule has 4 rings (SSSR count). The second kappa shape index (κ2) is 15.5. The van der Waals surface area contributed by atoms with E-state index in [0.717, 1.165) is 11.3 Å². The Kier molecular flexibility index (Phi) is 13.1. The molecule has 0 saturated heterocycles. The molecular formula is C30H29N2NaO6. The maximum absolute atomic E-state index is 12.3. The van der Waals surface area contributed by atoms with Crippen molar-refractivity contribution in [2.45, 2.75) is 20.3 Å². The van der Waals surface area contributed by atoms with Crippen molar-refractivity contribution in [3.05, 3.63) is 124 Å². The molecule has 196 valence electrons. The van der Waals surface area contributed by atoms with Gasteiger partial charge in [0.1, 0.15) is 0 Å². The van der Waals surface area contributed by atoms with Gasteiger partial charge in [0.25, 0.3) is 0 Å². The number of nitrogen functional groups attached to an aromatic ring is 1. The van der Waals surface area contributed by atoms with Crippen LogP contribution in [-0.2, 0) is 11.2 Å². The van der Waals surface area contributed by atoms with Crippen LogP contribution in [0.2, 0.25) is 0 Å². The van der Waals surface area contributed by atoms with Crippen molar-refractivity contribution in [3.8, 4) is 0 Å². The molecule has 0 amide bonds. The van der Waals surface area contributed by atoms with Crippen LogP contribution in [-0.4, -0.2) is 28.3 Å². The first kappa shape index (κ1) is 33.1. The summed E-state index contributed by atoms with van der Waals surface area (Å²) in [6, 6.07) is 26.3. The molecule has 0 aliphatic heterocycles. The first-order valence-electron chi connectivity index (χ1n) is 11.5. The molecule has 0 fully saturated rings. The second-order valence-corrected chi connectivity index (χ2v) is 8.35. The van der Waals surface area contributed by atoms with Crippen LogP contribution in [0.25, 0.3) is 0 Å². The Bertz CT molecular complexity index is 1440. The molecule has 0 aliphatic carbocycles. The molecule has 0 spiro atoms. The fraction of sp³-hybridized carbons (Fsp3) is 0.100. The molecule has 4 aromatic rings. The van der Waals surface area contributed by atoms with Crippen LogP contribution in [0.15, 0.2) is 91.0 Å². The van der Waals surface area contributed by atoms with Gasteiger partial charge in [-0.25, -0.2) is 4.79 Å². The average Bonchev–Trinajstić information content (AvgIpc) is 2.88. The molecule has 0 radical (unpaired) electrons. The molecule has 0 unspecified atom stereocenters. The van der Waals surface area contributed by atoms with Crippen molar-refractivity contribution in [1.82, 2.24) is 0 Å². The number of aromatic carboxylic acids is 1. The van der Waals surface area contributed by atoms with Crippen molar-refractivity contribution in [2.24, 2.45) is 0 Å². The van der Waals surface area contributed by atoms with Gasteiger partial charge in [0.15, 0.2) is 5.78 Å². The minimum Gasteiger partial charge on any atom is -0.550 e. The maximum Gasteiger partial charge on any atom is 1.00 e. The molecule has 9 heteroatoms. The normalized spacial score (nSPS) is 9.59. The molecule has 8 nitrogen and oxygen atoms in total. The molecule has 39 heavy (non-hydrogen) atoms. The van der Waals surface area contributed by atoms with E-state index in [1.54, 1.807) is 60.7 Å². The van der Waals surface area contributed by atoms with E-state index >= 15 is 0 Å². The molecule has 0 aromatic heterocycles. The van der Waals surface area contributed by atoms with E-state index in [1.807, 2.05) is 44.2 Å². The molecule has 4 aromatic carbocycles. The molecule has 0 aliphatic rings. The zero-order valence-electron chi connectivity index (χ0n) is 22.0. The fourth-order valence-corrected chi connectivity index (χ4v) is 3.68.